The van der Waals surface area contributed by atoms with Gasteiger partial charge in [-0.25, -0.2) is 8.78 Å². The average molecular weight is 174 g/mol. The second-order valence-corrected chi connectivity index (χ2v) is 3.19. The zero-order valence-electron chi connectivity index (χ0n) is 7.38. The highest BCUT2D eigenvalue weighted by molar-refractivity contribution is 5.10. The average Bonchev–Trinajstić information content (AvgIpc) is 2.30. The molecule has 12 heavy (non-hydrogen) atoms. The third kappa shape index (κ3) is 1.81. The third-order valence-corrected chi connectivity index (χ3v) is 1.64. The van der Waals surface area contributed by atoms with Gasteiger partial charge < -0.3 is 0 Å². The van der Waals surface area contributed by atoms with Crippen molar-refractivity contribution in [2.45, 2.75) is 32.7 Å². The Labute approximate surface area is 70.2 Å². The Morgan fingerprint density at radius 1 is 1.50 bits per heavy atom. The van der Waals surface area contributed by atoms with E-state index in [0.29, 0.717) is 0 Å². The molecule has 2 nitrogen and oxygen atoms in total. The molecule has 1 aromatic rings. The molecular formula is C8H12F2N2. The maximum absolute atomic E-state index is 12.7. The van der Waals surface area contributed by atoms with E-state index in [-0.39, 0.29) is 11.6 Å². The maximum atomic E-state index is 12.7. The van der Waals surface area contributed by atoms with Crippen LogP contribution in [0.2, 0.25) is 0 Å². The van der Waals surface area contributed by atoms with Crippen LogP contribution in [0.4, 0.5) is 8.78 Å². The van der Waals surface area contributed by atoms with Crippen molar-refractivity contribution < 1.29 is 8.78 Å². The molecule has 4 heteroatoms. The van der Waals surface area contributed by atoms with Crippen molar-refractivity contribution in [3.05, 3.63) is 18.0 Å². The van der Waals surface area contributed by atoms with E-state index in [4.69, 9.17) is 0 Å². The van der Waals surface area contributed by atoms with Crippen LogP contribution in [0.3, 0.4) is 0 Å². The van der Waals surface area contributed by atoms with E-state index < -0.39 is 5.92 Å². The number of hydrogen-bond acceptors (Lipinski definition) is 1. The van der Waals surface area contributed by atoms with Crippen LogP contribution < -0.4 is 0 Å². The fraction of sp³-hybridized carbons (Fsp3) is 0.625. The SMILES string of the molecule is CC(C)n1cc(C(C)(F)F)cn1. The van der Waals surface area contributed by atoms with Gasteiger partial charge in [-0.3, -0.25) is 4.68 Å². The van der Waals surface area contributed by atoms with E-state index in [1.165, 1.54) is 17.1 Å². The van der Waals surface area contributed by atoms with Gasteiger partial charge in [-0.2, -0.15) is 5.10 Å². The Kier molecular flexibility index (Phi) is 2.17. The molecule has 0 radical (unpaired) electrons. The highest BCUT2D eigenvalue weighted by atomic mass is 19.3. The number of hydrogen-bond donors (Lipinski definition) is 0. The van der Waals surface area contributed by atoms with Gasteiger partial charge in [-0.1, -0.05) is 0 Å². The normalized spacial score (nSPS) is 12.5. The summed E-state index contributed by atoms with van der Waals surface area (Å²) in [4.78, 5) is 0. The summed E-state index contributed by atoms with van der Waals surface area (Å²) >= 11 is 0. The minimum Gasteiger partial charge on any atom is -0.270 e. The van der Waals surface area contributed by atoms with E-state index in [9.17, 15) is 8.78 Å². The van der Waals surface area contributed by atoms with Crippen LogP contribution in [0, 0.1) is 0 Å². The quantitative estimate of drug-likeness (QED) is 0.673. The molecule has 1 heterocycles. The summed E-state index contributed by atoms with van der Waals surface area (Å²) in [6.45, 7) is 4.66. The Morgan fingerprint density at radius 3 is 2.33 bits per heavy atom. The van der Waals surface area contributed by atoms with Crippen LogP contribution in [0.1, 0.15) is 32.4 Å². The first-order valence-corrected chi connectivity index (χ1v) is 3.83. The summed E-state index contributed by atoms with van der Waals surface area (Å²) in [5, 5.41) is 3.82. The second-order valence-electron chi connectivity index (χ2n) is 3.19. The van der Waals surface area contributed by atoms with Crippen molar-refractivity contribution in [1.29, 1.82) is 0 Å². The van der Waals surface area contributed by atoms with Crippen LogP contribution >= 0.6 is 0 Å². The Hall–Kier alpha value is -0.930. The smallest absolute Gasteiger partial charge is 0.270 e. The van der Waals surface area contributed by atoms with E-state index in [0.717, 1.165) is 6.92 Å². The summed E-state index contributed by atoms with van der Waals surface area (Å²) in [5.41, 5.74) is -0.0313. The van der Waals surface area contributed by atoms with E-state index in [2.05, 4.69) is 5.10 Å². The number of alkyl halides is 2. The largest absolute Gasteiger partial charge is 0.273 e. The van der Waals surface area contributed by atoms with Gasteiger partial charge in [-0.05, 0) is 13.8 Å². The van der Waals surface area contributed by atoms with Crippen molar-refractivity contribution in [2.75, 3.05) is 0 Å². The fourth-order valence-corrected chi connectivity index (χ4v) is 0.847. The summed E-state index contributed by atoms with van der Waals surface area (Å²) in [6, 6.07) is 0.126. The minimum absolute atomic E-state index is 0.0313. The Bertz CT molecular complexity index is 260. The molecule has 68 valence electrons. The zero-order valence-corrected chi connectivity index (χ0v) is 7.38. The molecule has 0 saturated heterocycles. The molecule has 0 fully saturated rings. The molecule has 1 rings (SSSR count). The summed E-state index contributed by atoms with van der Waals surface area (Å²) < 4.78 is 26.9. The standard InChI is InChI=1S/C8H12F2N2/c1-6(2)12-5-7(4-11-12)8(3,9)10/h4-6H,1-3H3. The Balaban J connectivity index is 2.92. The molecule has 0 bridgehead atoms. The molecule has 0 unspecified atom stereocenters. The van der Waals surface area contributed by atoms with Gasteiger partial charge in [0, 0.05) is 19.2 Å². The summed E-state index contributed by atoms with van der Waals surface area (Å²) in [6.07, 6.45) is 2.59. The van der Waals surface area contributed by atoms with Gasteiger partial charge >= 0.3 is 0 Å². The first-order chi connectivity index (χ1) is 5.41. The highest BCUT2D eigenvalue weighted by Crippen LogP contribution is 2.26. The molecular weight excluding hydrogens is 162 g/mol. The van der Waals surface area contributed by atoms with Gasteiger partial charge in [0.25, 0.3) is 5.92 Å². The predicted octanol–water partition coefficient (Wildman–Crippen LogP) is 2.58. The monoisotopic (exact) mass is 174 g/mol. The van der Waals surface area contributed by atoms with Gasteiger partial charge in [0.15, 0.2) is 0 Å². The zero-order chi connectivity index (χ0) is 9.35. The summed E-state index contributed by atoms with van der Waals surface area (Å²) in [5.74, 6) is -2.78. The van der Waals surface area contributed by atoms with Crippen molar-refractivity contribution in [1.82, 2.24) is 9.78 Å². The molecule has 0 N–H and O–H groups in total. The van der Waals surface area contributed by atoms with Crippen molar-refractivity contribution >= 4 is 0 Å². The molecule has 0 spiro atoms. The van der Waals surface area contributed by atoms with Crippen LogP contribution in [-0.4, -0.2) is 9.78 Å². The van der Waals surface area contributed by atoms with E-state index in [1.54, 1.807) is 0 Å². The number of halogens is 2. The maximum Gasteiger partial charge on any atom is 0.273 e. The number of aromatic nitrogens is 2. The fourth-order valence-electron chi connectivity index (χ4n) is 0.847. The molecule has 0 aliphatic carbocycles. The lowest BCUT2D eigenvalue weighted by molar-refractivity contribution is 0.0173. The molecule has 1 aromatic heterocycles. The van der Waals surface area contributed by atoms with Crippen LogP contribution in [0.25, 0.3) is 0 Å². The number of nitrogens with zero attached hydrogens (tertiary/aromatic N) is 2. The van der Waals surface area contributed by atoms with Crippen molar-refractivity contribution in [3.8, 4) is 0 Å². The molecule has 0 aromatic carbocycles. The topological polar surface area (TPSA) is 17.8 Å². The molecule has 0 saturated carbocycles. The number of rotatable bonds is 2. The van der Waals surface area contributed by atoms with Gasteiger partial charge in [0.1, 0.15) is 0 Å². The van der Waals surface area contributed by atoms with Gasteiger partial charge in [0.05, 0.1) is 11.8 Å². The minimum atomic E-state index is -2.78. The van der Waals surface area contributed by atoms with Gasteiger partial charge in [0.2, 0.25) is 0 Å². The molecule has 0 aliphatic heterocycles. The predicted molar refractivity (Wildman–Crippen MR) is 42.2 cm³/mol. The molecule has 0 amide bonds. The summed E-state index contributed by atoms with van der Waals surface area (Å²) in [7, 11) is 0. The highest BCUT2D eigenvalue weighted by Gasteiger charge is 2.26. The van der Waals surface area contributed by atoms with E-state index in [1.807, 2.05) is 13.8 Å². The van der Waals surface area contributed by atoms with E-state index >= 15 is 0 Å². The lowest BCUT2D eigenvalue weighted by Crippen LogP contribution is -2.06. The first-order valence-electron chi connectivity index (χ1n) is 3.83. The second kappa shape index (κ2) is 2.84. The first kappa shape index (κ1) is 9.16. The van der Waals surface area contributed by atoms with Crippen LogP contribution in [0.15, 0.2) is 12.4 Å². The van der Waals surface area contributed by atoms with Crippen LogP contribution in [0.5, 0.6) is 0 Å². The van der Waals surface area contributed by atoms with Crippen molar-refractivity contribution in [3.63, 3.8) is 0 Å². The Morgan fingerprint density at radius 2 is 2.08 bits per heavy atom. The van der Waals surface area contributed by atoms with Gasteiger partial charge in [-0.15, -0.1) is 0 Å². The lowest BCUT2D eigenvalue weighted by atomic mass is 10.2. The van der Waals surface area contributed by atoms with Crippen molar-refractivity contribution in [2.24, 2.45) is 0 Å². The van der Waals surface area contributed by atoms with Crippen LogP contribution in [-0.2, 0) is 5.92 Å². The lowest BCUT2D eigenvalue weighted by Gasteiger charge is -2.06. The molecule has 0 aliphatic rings. The molecule has 0 atom stereocenters. The third-order valence-electron chi connectivity index (χ3n) is 1.64.